The van der Waals surface area contributed by atoms with Crippen molar-refractivity contribution in [3.05, 3.63) is 34.3 Å². The van der Waals surface area contributed by atoms with Gasteiger partial charge in [0.15, 0.2) is 0 Å². The van der Waals surface area contributed by atoms with Gasteiger partial charge in [-0.25, -0.2) is 4.79 Å². The molecule has 5 heteroatoms. The minimum atomic E-state index is -0.254. The molecule has 1 aromatic carbocycles. The first-order chi connectivity index (χ1) is 10.6. The first-order valence-electron chi connectivity index (χ1n) is 8.22. The van der Waals surface area contributed by atoms with Crippen LogP contribution in [0.1, 0.15) is 36.4 Å². The number of halogens is 1. The summed E-state index contributed by atoms with van der Waals surface area (Å²) in [4.78, 5) is 16.3. The maximum absolute atomic E-state index is 11.8. The summed E-state index contributed by atoms with van der Waals surface area (Å²) in [5.74, 6) is 0.575. The summed E-state index contributed by atoms with van der Waals surface area (Å²) in [6.45, 7) is 3.00. The van der Waals surface area contributed by atoms with E-state index in [2.05, 4.69) is 17.0 Å². The van der Waals surface area contributed by atoms with Crippen LogP contribution in [0.25, 0.3) is 0 Å². The van der Waals surface area contributed by atoms with Crippen molar-refractivity contribution in [1.29, 1.82) is 0 Å². The zero-order chi connectivity index (χ0) is 15.3. The van der Waals surface area contributed by atoms with Crippen LogP contribution in [-0.2, 0) is 6.42 Å². The summed E-state index contributed by atoms with van der Waals surface area (Å²) >= 11 is 6.14. The normalized spacial score (nSPS) is 31.1. The molecule has 1 aromatic rings. The Morgan fingerprint density at radius 3 is 3.00 bits per heavy atom. The van der Waals surface area contributed by atoms with Crippen LogP contribution in [-0.4, -0.2) is 41.5 Å². The number of likely N-dealkylation sites (tertiary alicyclic amines) is 1. The standard InChI is InChI=1S/C17H22ClN3O/c18-13-3-4-14-11(8-13)5-7-20-10-12-2-1-6-21(17(19)22)15(12)9-16(14)20/h3-4,8,12,15-16H,1-2,5-7,9-10H2,(H2,19,22). The summed E-state index contributed by atoms with van der Waals surface area (Å²) in [5.41, 5.74) is 8.37. The molecule has 2 fully saturated rings. The molecular formula is C17H22ClN3O. The van der Waals surface area contributed by atoms with Crippen molar-refractivity contribution in [2.24, 2.45) is 11.7 Å². The van der Waals surface area contributed by atoms with Gasteiger partial charge in [-0.2, -0.15) is 0 Å². The van der Waals surface area contributed by atoms with E-state index >= 15 is 0 Å². The van der Waals surface area contributed by atoms with Crippen LogP contribution in [0.2, 0.25) is 5.02 Å². The average Bonchev–Trinajstić information content (AvgIpc) is 2.51. The van der Waals surface area contributed by atoms with Gasteiger partial charge in [-0.05, 0) is 54.9 Å². The third-order valence-electron chi connectivity index (χ3n) is 5.71. The highest BCUT2D eigenvalue weighted by atomic mass is 35.5. The predicted molar refractivity (Wildman–Crippen MR) is 86.9 cm³/mol. The first kappa shape index (κ1) is 14.3. The summed E-state index contributed by atoms with van der Waals surface area (Å²) in [5, 5.41) is 0.817. The molecule has 4 nitrogen and oxygen atoms in total. The predicted octanol–water partition coefficient (Wildman–Crippen LogP) is 2.80. The largest absolute Gasteiger partial charge is 0.351 e. The lowest BCUT2D eigenvalue weighted by Crippen LogP contribution is -2.58. The van der Waals surface area contributed by atoms with Gasteiger partial charge in [-0.3, -0.25) is 4.90 Å². The van der Waals surface area contributed by atoms with Gasteiger partial charge >= 0.3 is 6.03 Å². The van der Waals surface area contributed by atoms with E-state index < -0.39 is 0 Å². The number of nitrogens with two attached hydrogens (primary N) is 1. The Kier molecular flexibility index (Phi) is 3.54. The molecule has 0 aliphatic carbocycles. The average molecular weight is 320 g/mol. The molecule has 4 rings (SSSR count). The lowest BCUT2D eigenvalue weighted by atomic mass is 9.77. The molecule has 3 aliphatic heterocycles. The Balaban J connectivity index is 1.65. The van der Waals surface area contributed by atoms with E-state index in [9.17, 15) is 4.79 Å². The van der Waals surface area contributed by atoms with Crippen molar-refractivity contribution in [3.63, 3.8) is 0 Å². The Morgan fingerprint density at radius 1 is 1.32 bits per heavy atom. The van der Waals surface area contributed by atoms with Gasteiger partial charge in [-0.15, -0.1) is 0 Å². The topological polar surface area (TPSA) is 49.6 Å². The zero-order valence-corrected chi connectivity index (χ0v) is 13.4. The van der Waals surface area contributed by atoms with Crippen LogP contribution < -0.4 is 5.73 Å². The molecule has 0 saturated carbocycles. The number of amides is 2. The molecule has 2 amide bonds. The van der Waals surface area contributed by atoms with Crippen LogP contribution in [0, 0.1) is 5.92 Å². The van der Waals surface area contributed by atoms with Gasteiger partial charge in [0.25, 0.3) is 0 Å². The van der Waals surface area contributed by atoms with E-state index in [-0.39, 0.29) is 6.03 Å². The number of benzene rings is 1. The van der Waals surface area contributed by atoms with Crippen molar-refractivity contribution in [3.8, 4) is 0 Å². The van der Waals surface area contributed by atoms with E-state index in [0.717, 1.165) is 43.9 Å². The molecule has 2 N–H and O–H groups in total. The van der Waals surface area contributed by atoms with E-state index in [0.29, 0.717) is 18.0 Å². The van der Waals surface area contributed by atoms with Gasteiger partial charge in [0.1, 0.15) is 0 Å². The molecular weight excluding hydrogens is 298 g/mol. The number of rotatable bonds is 0. The Hall–Kier alpha value is -1.26. The number of primary amides is 1. The van der Waals surface area contributed by atoms with E-state index in [1.54, 1.807) is 0 Å². The molecule has 3 heterocycles. The smallest absolute Gasteiger partial charge is 0.315 e. The number of fused-ring (bicyclic) bond motifs is 4. The molecule has 3 atom stereocenters. The molecule has 22 heavy (non-hydrogen) atoms. The van der Waals surface area contributed by atoms with Gasteiger partial charge in [0.05, 0.1) is 0 Å². The van der Waals surface area contributed by atoms with Crippen molar-refractivity contribution in [1.82, 2.24) is 9.80 Å². The highest BCUT2D eigenvalue weighted by molar-refractivity contribution is 6.30. The Labute approximate surface area is 136 Å². The fraction of sp³-hybridized carbons (Fsp3) is 0.588. The van der Waals surface area contributed by atoms with E-state index in [1.165, 1.54) is 17.5 Å². The maximum Gasteiger partial charge on any atom is 0.315 e. The second-order valence-electron chi connectivity index (χ2n) is 6.84. The molecule has 0 bridgehead atoms. The lowest BCUT2D eigenvalue weighted by Gasteiger charge is -2.52. The zero-order valence-electron chi connectivity index (χ0n) is 12.7. The van der Waals surface area contributed by atoms with Gasteiger partial charge < -0.3 is 10.6 Å². The van der Waals surface area contributed by atoms with Crippen molar-refractivity contribution in [2.75, 3.05) is 19.6 Å². The minimum absolute atomic E-state index is 0.254. The summed E-state index contributed by atoms with van der Waals surface area (Å²) in [6.07, 6.45) is 4.37. The second-order valence-corrected chi connectivity index (χ2v) is 7.28. The van der Waals surface area contributed by atoms with Gasteiger partial charge in [-0.1, -0.05) is 17.7 Å². The SMILES string of the molecule is NC(=O)N1CCCC2CN3CCc4cc(Cl)ccc4C3CC21. The fourth-order valence-electron chi connectivity index (χ4n) is 4.70. The summed E-state index contributed by atoms with van der Waals surface area (Å²) < 4.78 is 0. The molecule has 2 saturated heterocycles. The lowest BCUT2D eigenvalue weighted by molar-refractivity contribution is 0.00743. The third-order valence-corrected chi connectivity index (χ3v) is 5.94. The first-order valence-corrected chi connectivity index (χ1v) is 8.60. The van der Waals surface area contributed by atoms with Crippen molar-refractivity contribution in [2.45, 2.75) is 37.8 Å². The minimum Gasteiger partial charge on any atom is -0.351 e. The number of carbonyl (C=O) groups excluding carboxylic acids is 1. The number of hydrogen-bond acceptors (Lipinski definition) is 2. The van der Waals surface area contributed by atoms with Crippen LogP contribution in [0.15, 0.2) is 18.2 Å². The number of hydrogen-bond donors (Lipinski definition) is 1. The van der Waals surface area contributed by atoms with E-state index in [4.69, 9.17) is 17.3 Å². The van der Waals surface area contributed by atoms with Crippen LogP contribution in [0.5, 0.6) is 0 Å². The molecule has 3 unspecified atom stereocenters. The summed E-state index contributed by atoms with van der Waals surface area (Å²) in [7, 11) is 0. The van der Waals surface area contributed by atoms with E-state index in [1.807, 2.05) is 11.0 Å². The van der Waals surface area contributed by atoms with Crippen LogP contribution in [0.3, 0.4) is 0 Å². The molecule has 0 aromatic heterocycles. The Bertz CT molecular complexity index is 606. The molecule has 3 aliphatic rings. The van der Waals surface area contributed by atoms with Crippen LogP contribution >= 0.6 is 11.6 Å². The monoisotopic (exact) mass is 319 g/mol. The van der Waals surface area contributed by atoms with Gasteiger partial charge in [0.2, 0.25) is 0 Å². The van der Waals surface area contributed by atoms with Crippen molar-refractivity contribution < 1.29 is 4.79 Å². The number of piperidine rings is 2. The number of urea groups is 1. The van der Waals surface area contributed by atoms with Crippen LogP contribution in [0.4, 0.5) is 4.79 Å². The third kappa shape index (κ3) is 2.29. The van der Waals surface area contributed by atoms with Gasteiger partial charge in [0, 0.05) is 36.7 Å². The molecule has 0 radical (unpaired) electrons. The molecule has 118 valence electrons. The number of carbonyl (C=O) groups is 1. The molecule has 0 spiro atoms. The number of nitrogens with zero attached hydrogens (tertiary/aromatic N) is 2. The Morgan fingerprint density at radius 2 is 2.18 bits per heavy atom. The quantitative estimate of drug-likeness (QED) is 0.799. The summed E-state index contributed by atoms with van der Waals surface area (Å²) in [6, 6.07) is 6.72. The van der Waals surface area contributed by atoms with Crippen molar-refractivity contribution >= 4 is 17.6 Å². The second kappa shape index (κ2) is 5.43. The highest BCUT2D eigenvalue weighted by Crippen LogP contribution is 2.43. The fourth-order valence-corrected chi connectivity index (χ4v) is 4.89. The maximum atomic E-state index is 11.8. The highest BCUT2D eigenvalue weighted by Gasteiger charge is 2.43.